The number of nitrogens with one attached hydrogen (secondary N) is 1. The van der Waals surface area contributed by atoms with Crippen LogP contribution < -0.4 is 5.69 Å². The molecule has 4 heterocycles. The molecule has 37 heavy (non-hydrogen) atoms. The summed E-state index contributed by atoms with van der Waals surface area (Å²) in [6.45, 7) is 1.72. The van der Waals surface area contributed by atoms with Gasteiger partial charge in [0, 0.05) is 42.3 Å². The predicted molar refractivity (Wildman–Crippen MR) is 135 cm³/mol. The van der Waals surface area contributed by atoms with Crippen molar-refractivity contribution in [2.24, 2.45) is 0 Å². The van der Waals surface area contributed by atoms with Crippen LogP contribution in [0.2, 0.25) is 5.02 Å². The fraction of sp³-hybridized carbons (Fsp3) is 0.308. The maximum atomic E-state index is 14.2. The summed E-state index contributed by atoms with van der Waals surface area (Å²) in [5.41, 5.74) is 2.27. The third-order valence-electron chi connectivity index (χ3n) is 7.24. The summed E-state index contributed by atoms with van der Waals surface area (Å²) in [6, 6.07) is 13.5. The van der Waals surface area contributed by atoms with Crippen molar-refractivity contribution < 1.29 is 14.0 Å². The van der Waals surface area contributed by atoms with E-state index < -0.39 is 5.82 Å². The Morgan fingerprint density at radius 3 is 2.62 bits per heavy atom. The van der Waals surface area contributed by atoms with Crippen LogP contribution in [0.3, 0.4) is 0 Å². The molecule has 0 spiro atoms. The first kappa shape index (κ1) is 23.5. The molecule has 0 unspecified atom stereocenters. The summed E-state index contributed by atoms with van der Waals surface area (Å²) in [5.74, 6) is -1.04. The number of carbonyl (C=O) groups excluding carboxylic acids is 2. The third-order valence-corrected chi connectivity index (χ3v) is 7.59. The van der Waals surface area contributed by atoms with Crippen molar-refractivity contribution in [1.82, 2.24) is 29.1 Å². The number of nitrogens with zero attached hydrogens (tertiary/aromatic N) is 5. The van der Waals surface area contributed by atoms with E-state index in [0.29, 0.717) is 44.7 Å². The molecule has 1 saturated heterocycles. The van der Waals surface area contributed by atoms with E-state index in [9.17, 15) is 18.8 Å². The van der Waals surface area contributed by atoms with Gasteiger partial charge in [-0.05, 0) is 37.1 Å². The van der Waals surface area contributed by atoms with Crippen LogP contribution in [0.15, 0.2) is 53.3 Å². The maximum absolute atomic E-state index is 14.2. The highest BCUT2D eigenvalue weighted by Crippen LogP contribution is 2.27. The number of halogens is 2. The second-order valence-corrected chi connectivity index (χ2v) is 9.81. The van der Waals surface area contributed by atoms with E-state index in [0.717, 1.165) is 11.0 Å². The average Bonchev–Trinajstić information content (AvgIpc) is 3.48. The van der Waals surface area contributed by atoms with Crippen LogP contribution in [0.1, 0.15) is 45.4 Å². The zero-order chi connectivity index (χ0) is 25.7. The molecule has 2 amide bonds. The number of carbonyl (C=O) groups is 2. The lowest BCUT2D eigenvalue weighted by molar-refractivity contribution is 0.0670. The quantitative estimate of drug-likeness (QED) is 0.444. The normalized spacial score (nSPS) is 16.4. The lowest BCUT2D eigenvalue weighted by Crippen LogP contribution is -2.40. The molecule has 0 saturated carbocycles. The van der Waals surface area contributed by atoms with E-state index in [2.05, 4.69) is 10.1 Å². The number of hydrogen-bond donors (Lipinski definition) is 1. The van der Waals surface area contributed by atoms with E-state index in [1.165, 1.54) is 27.8 Å². The standard InChI is InChI=1S/C26H24ClFN6O3/c27-18-4-3-5-19(28)17(18)15-32-12-13-33-23(25(32)36)14-21(30-33)24(35)31-10-8-16(9-11-31)34-22-7-2-1-6-20(22)29-26(34)37/h1-7,14,16H,8-13,15H2,(H,29,37). The second-order valence-electron chi connectivity index (χ2n) is 9.41. The fourth-order valence-electron chi connectivity index (χ4n) is 5.29. The van der Waals surface area contributed by atoms with Gasteiger partial charge in [0.25, 0.3) is 11.8 Å². The fourth-order valence-corrected chi connectivity index (χ4v) is 5.52. The lowest BCUT2D eigenvalue weighted by Gasteiger charge is -2.32. The van der Waals surface area contributed by atoms with Crippen LogP contribution in [0.4, 0.5) is 4.39 Å². The molecule has 190 valence electrons. The molecule has 4 aromatic rings. The number of hydrogen-bond acceptors (Lipinski definition) is 4. The van der Waals surface area contributed by atoms with Crippen molar-refractivity contribution in [2.75, 3.05) is 19.6 Å². The van der Waals surface area contributed by atoms with E-state index in [4.69, 9.17) is 11.6 Å². The number of amides is 2. The number of rotatable bonds is 4. The zero-order valence-corrected chi connectivity index (χ0v) is 20.6. The Hall–Kier alpha value is -3.92. The molecule has 6 rings (SSSR count). The highest BCUT2D eigenvalue weighted by atomic mass is 35.5. The smallest absolute Gasteiger partial charge is 0.326 e. The monoisotopic (exact) mass is 522 g/mol. The van der Waals surface area contributed by atoms with E-state index >= 15 is 0 Å². The topological polar surface area (TPSA) is 96.2 Å². The van der Waals surface area contributed by atoms with E-state index in [1.807, 2.05) is 24.3 Å². The summed E-state index contributed by atoms with van der Waals surface area (Å²) in [5, 5.41) is 4.66. The van der Waals surface area contributed by atoms with E-state index in [1.54, 1.807) is 15.5 Å². The van der Waals surface area contributed by atoms with Crippen LogP contribution >= 0.6 is 11.6 Å². The number of imidazole rings is 1. The molecule has 11 heteroatoms. The highest BCUT2D eigenvalue weighted by Gasteiger charge is 2.32. The van der Waals surface area contributed by atoms with Crippen molar-refractivity contribution in [3.63, 3.8) is 0 Å². The molecule has 0 radical (unpaired) electrons. The number of fused-ring (bicyclic) bond motifs is 2. The largest absolute Gasteiger partial charge is 0.337 e. The van der Waals surface area contributed by atoms with Gasteiger partial charge in [0.05, 0.1) is 24.1 Å². The van der Waals surface area contributed by atoms with Gasteiger partial charge in [-0.1, -0.05) is 29.8 Å². The van der Waals surface area contributed by atoms with Gasteiger partial charge in [-0.3, -0.25) is 18.8 Å². The Morgan fingerprint density at radius 1 is 1.05 bits per heavy atom. The molecule has 2 aromatic heterocycles. The Balaban J connectivity index is 1.15. The van der Waals surface area contributed by atoms with Crippen LogP contribution in [0.25, 0.3) is 11.0 Å². The van der Waals surface area contributed by atoms with Gasteiger partial charge >= 0.3 is 5.69 Å². The van der Waals surface area contributed by atoms with Gasteiger partial charge in [0.1, 0.15) is 11.5 Å². The van der Waals surface area contributed by atoms with Gasteiger partial charge < -0.3 is 14.8 Å². The third kappa shape index (κ3) is 4.11. The molecular weight excluding hydrogens is 499 g/mol. The van der Waals surface area contributed by atoms with Gasteiger partial charge in [-0.2, -0.15) is 5.10 Å². The molecule has 2 aliphatic rings. The summed E-state index contributed by atoms with van der Waals surface area (Å²) in [7, 11) is 0. The van der Waals surface area contributed by atoms with Crippen molar-refractivity contribution in [1.29, 1.82) is 0 Å². The van der Waals surface area contributed by atoms with Crippen LogP contribution in [0, 0.1) is 5.82 Å². The van der Waals surface area contributed by atoms with Crippen molar-refractivity contribution >= 4 is 34.4 Å². The molecule has 2 aliphatic heterocycles. The number of H-pyrrole nitrogens is 1. The number of piperidine rings is 1. The van der Waals surface area contributed by atoms with Crippen LogP contribution in [-0.2, 0) is 13.1 Å². The number of likely N-dealkylation sites (tertiary alicyclic amines) is 1. The minimum Gasteiger partial charge on any atom is -0.337 e. The molecule has 0 bridgehead atoms. The Bertz CT molecular complexity index is 1560. The lowest BCUT2D eigenvalue weighted by atomic mass is 10.0. The van der Waals surface area contributed by atoms with Crippen molar-refractivity contribution in [2.45, 2.75) is 32.0 Å². The number of para-hydroxylation sites is 2. The SMILES string of the molecule is O=C(c1cc2n(n1)CCN(Cc1c(F)cccc1Cl)C2=O)N1CCC(n2c(=O)[nH]c3ccccc32)CC1. The Morgan fingerprint density at radius 2 is 1.84 bits per heavy atom. The second kappa shape index (κ2) is 9.19. The average molecular weight is 523 g/mol. The molecule has 0 atom stereocenters. The molecule has 0 aliphatic carbocycles. The minimum absolute atomic E-state index is 0.0109. The summed E-state index contributed by atoms with van der Waals surface area (Å²) >= 11 is 6.14. The van der Waals surface area contributed by atoms with Crippen molar-refractivity contribution in [3.05, 3.63) is 86.8 Å². The van der Waals surface area contributed by atoms with Crippen LogP contribution in [0.5, 0.6) is 0 Å². The van der Waals surface area contributed by atoms with Crippen LogP contribution in [-0.4, -0.2) is 60.6 Å². The molecular formula is C26H24ClFN6O3. The Kier molecular flexibility index (Phi) is 5.83. The van der Waals surface area contributed by atoms with Gasteiger partial charge in [0.2, 0.25) is 0 Å². The summed E-state index contributed by atoms with van der Waals surface area (Å²) < 4.78 is 17.6. The first-order valence-corrected chi connectivity index (χ1v) is 12.6. The Labute approximate surface area is 216 Å². The maximum Gasteiger partial charge on any atom is 0.326 e. The van der Waals surface area contributed by atoms with Crippen molar-refractivity contribution in [3.8, 4) is 0 Å². The predicted octanol–water partition coefficient (Wildman–Crippen LogP) is 3.45. The first-order valence-electron chi connectivity index (χ1n) is 12.2. The molecule has 9 nitrogen and oxygen atoms in total. The minimum atomic E-state index is -0.464. The molecule has 1 fully saturated rings. The molecule has 1 N–H and O–H groups in total. The summed E-state index contributed by atoms with van der Waals surface area (Å²) in [4.78, 5) is 45.0. The first-order chi connectivity index (χ1) is 17.9. The highest BCUT2D eigenvalue weighted by molar-refractivity contribution is 6.31. The zero-order valence-electron chi connectivity index (χ0n) is 19.9. The number of benzene rings is 2. The van der Waals surface area contributed by atoms with E-state index in [-0.39, 0.29) is 46.4 Å². The van der Waals surface area contributed by atoms with Gasteiger partial charge in [-0.25, -0.2) is 9.18 Å². The molecule has 2 aromatic carbocycles. The van der Waals surface area contributed by atoms with Gasteiger partial charge in [0.15, 0.2) is 5.69 Å². The summed E-state index contributed by atoms with van der Waals surface area (Å²) in [6.07, 6.45) is 1.27. The number of aromatic amines is 1. The number of aromatic nitrogens is 4. The van der Waals surface area contributed by atoms with Gasteiger partial charge in [-0.15, -0.1) is 0 Å².